The van der Waals surface area contributed by atoms with E-state index in [-0.39, 0.29) is 0 Å². The van der Waals surface area contributed by atoms with E-state index < -0.39 is 0 Å². The first kappa shape index (κ1) is 16.8. The lowest BCUT2D eigenvalue weighted by molar-refractivity contribution is 0.188. The standard InChI is InChI=1S/C19H30ClN/c1-4-21-19(13-15-6-5-7-18(20)12-15)17-10-8-16(9-11-17)14(2)3/h5-7,12,14,16-17,19,21H,4,8-11,13H2,1-3H3. The summed E-state index contributed by atoms with van der Waals surface area (Å²) >= 11 is 6.12. The molecule has 0 aromatic heterocycles. The summed E-state index contributed by atoms with van der Waals surface area (Å²) in [6.07, 6.45) is 6.66. The van der Waals surface area contributed by atoms with E-state index in [2.05, 4.69) is 44.3 Å². The first-order chi connectivity index (χ1) is 10.1. The second-order valence-electron chi connectivity index (χ2n) is 6.92. The van der Waals surface area contributed by atoms with E-state index in [0.717, 1.165) is 35.7 Å². The third-order valence-corrected chi connectivity index (χ3v) is 5.37. The molecule has 1 nitrogen and oxygen atoms in total. The molecule has 1 saturated carbocycles. The Bertz CT molecular complexity index is 421. The molecule has 21 heavy (non-hydrogen) atoms. The fraction of sp³-hybridized carbons (Fsp3) is 0.684. The van der Waals surface area contributed by atoms with E-state index in [1.165, 1.54) is 31.2 Å². The average Bonchev–Trinajstić information content (AvgIpc) is 2.47. The number of rotatable bonds is 6. The summed E-state index contributed by atoms with van der Waals surface area (Å²) in [6, 6.07) is 8.95. The number of likely N-dealkylation sites (N-methyl/N-ethyl adjacent to an activating group) is 1. The van der Waals surface area contributed by atoms with Crippen molar-refractivity contribution in [1.82, 2.24) is 5.32 Å². The van der Waals surface area contributed by atoms with E-state index in [9.17, 15) is 0 Å². The zero-order valence-corrected chi connectivity index (χ0v) is 14.5. The topological polar surface area (TPSA) is 12.0 Å². The second-order valence-corrected chi connectivity index (χ2v) is 7.35. The predicted octanol–water partition coefficient (Wildman–Crippen LogP) is 5.32. The maximum Gasteiger partial charge on any atom is 0.0408 e. The van der Waals surface area contributed by atoms with Crippen molar-refractivity contribution in [2.24, 2.45) is 17.8 Å². The van der Waals surface area contributed by atoms with Gasteiger partial charge in [0.15, 0.2) is 0 Å². The van der Waals surface area contributed by atoms with Crippen LogP contribution in [0.3, 0.4) is 0 Å². The Hall–Kier alpha value is -0.530. The maximum atomic E-state index is 6.12. The highest BCUT2D eigenvalue weighted by Crippen LogP contribution is 2.35. The summed E-state index contributed by atoms with van der Waals surface area (Å²) in [5, 5.41) is 4.57. The zero-order chi connectivity index (χ0) is 15.2. The molecule has 118 valence electrons. The van der Waals surface area contributed by atoms with Gasteiger partial charge in [-0.2, -0.15) is 0 Å². The summed E-state index contributed by atoms with van der Waals surface area (Å²) in [5.74, 6) is 2.60. The highest BCUT2D eigenvalue weighted by atomic mass is 35.5. The zero-order valence-electron chi connectivity index (χ0n) is 13.7. The summed E-state index contributed by atoms with van der Waals surface area (Å²) < 4.78 is 0. The molecule has 0 heterocycles. The summed E-state index contributed by atoms with van der Waals surface area (Å²) in [4.78, 5) is 0. The molecule has 1 aromatic carbocycles. The van der Waals surface area contributed by atoms with Gasteiger partial charge in [-0.1, -0.05) is 44.5 Å². The van der Waals surface area contributed by atoms with Gasteiger partial charge in [0.2, 0.25) is 0 Å². The highest BCUT2D eigenvalue weighted by Gasteiger charge is 2.28. The van der Waals surface area contributed by atoms with Gasteiger partial charge in [-0.25, -0.2) is 0 Å². The average molecular weight is 308 g/mol. The van der Waals surface area contributed by atoms with Crippen LogP contribution in [-0.2, 0) is 6.42 Å². The minimum absolute atomic E-state index is 0.599. The molecule has 1 aliphatic rings. The van der Waals surface area contributed by atoms with Crippen molar-refractivity contribution in [3.05, 3.63) is 34.9 Å². The minimum atomic E-state index is 0.599. The quantitative estimate of drug-likeness (QED) is 0.749. The Morgan fingerprint density at radius 2 is 1.81 bits per heavy atom. The van der Waals surface area contributed by atoms with Crippen molar-refractivity contribution in [2.75, 3.05) is 6.54 Å². The van der Waals surface area contributed by atoms with E-state index in [1.807, 2.05) is 6.07 Å². The Kier molecular flexibility index (Phi) is 6.57. The van der Waals surface area contributed by atoms with Crippen LogP contribution in [0.25, 0.3) is 0 Å². The van der Waals surface area contributed by atoms with Crippen LogP contribution in [0.15, 0.2) is 24.3 Å². The van der Waals surface area contributed by atoms with Gasteiger partial charge >= 0.3 is 0 Å². The summed E-state index contributed by atoms with van der Waals surface area (Å²) in [6.45, 7) is 8.01. The van der Waals surface area contributed by atoms with E-state index in [4.69, 9.17) is 11.6 Å². The molecular weight excluding hydrogens is 278 g/mol. The molecule has 0 aliphatic heterocycles. The third-order valence-electron chi connectivity index (χ3n) is 5.14. The van der Waals surface area contributed by atoms with Crippen LogP contribution in [-0.4, -0.2) is 12.6 Å². The molecule has 1 unspecified atom stereocenters. The van der Waals surface area contributed by atoms with Gasteiger partial charge in [0.1, 0.15) is 0 Å². The van der Waals surface area contributed by atoms with Gasteiger partial charge in [-0.05, 0) is 74.1 Å². The first-order valence-corrected chi connectivity index (χ1v) is 8.95. The number of hydrogen-bond acceptors (Lipinski definition) is 1. The van der Waals surface area contributed by atoms with Crippen molar-refractivity contribution in [3.63, 3.8) is 0 Å². The molecule has 2 rings (SSSR count). The molecule has 1 fully saturated rings. The Morgan fingerprint density at radius 1 is 1.14 bits per heavy atom. The molecule has 0 radical (unpaired) electrons. The Balaban J connectivity index is 1.96. The molecule has 0 bridgehead atoms. The van der Waals surface area contributed by atoms with Gasteiger partial charge < -0.3 is 5.32 Å². The van der Waals surface area contributed by atoms with E-state index in [1.54, 1.807) is 0 Å². The van der Waals surface area contributed by atoms with Crippen molar-refractivity contribution < 1.29 is 0 Å². The van der Waals surface area contributed by atoms with Crippen molar-refractivity contribution in [3.8, 4) is 0 Å². The largest absolute Gasteiger partial charge is 0.314 e. The highest BCUT2D eigenvalue weighted by molar-refractivity contribution is 6.30. The van der Waals surface area contributed by atoms with E-state index in [0.29, 0.717) is 6.04 Å². The van der Waals surface area contributed by atoms with Gasteiger partial charge in [-0.3, -0.25) is 0 Å². The van der Waals surface area contributed by atoms with Crippen LogP contribution >= 0.6 is 11.6 Å². The molecule has 0 spiro atoms. The number of nitrogens with one attached hydrogen (secondary N) is 1. The number of benzene rings is 1. The van der Waals surface area contributed by atoms with Crippen molar-refractivity contribution >= 4 is 11.6 Å². The van der Waals surface area contributed by atoms with Crippen LogP contribution in [0.4, 0.5) is 0 Å². The lowest BCUT2D eigenvalue weighted by atomic mass is 9.73. The van der Waals surface area contributed by atoms with Crippen LogP contribution in [0.5, 0.6) is 0 Å². The summed E-state index contributed by atoms with van der Waals surface area (Å²) in [7, 11) is 0. The van der Waals surface area contributed by atoms with Crippen LogP contribution in [0, 0.1) is 17.8 Å². The second kappa shape index (κ2) is 8.19. The van der Waals surface area contributed by atoms with E-state index >= 15 is 0 Å². The molecule has 1 N–H and O–H groups in total. The normalized spacial score (nSPS) is 24.2. The fourth-order valence-corrected chi connectivity index (χ4v) is 4.01. The first-order valence-electron chi connectivity index (χ1n) is 8.58. The van der Waals surface area contributed by atoms with Crippen LogP contribution < -0.4 is 5.32 Å². The Labute approximate surface area is 135 Å². The molecule has 2 heteroatoms. The number of hydrogen-bond donors (Lipinski definition) is 1. The smallest absolute Gasteiger partial charge is 0.0408 e. The predicted molar refractivity (Wildman–Crippen MR) is 92.9 cm³/mol. The van der Waals surface area contributed by atoms with Crippen molar-refractivity contribution in [1.29, 1.82) is 0 Å². The molecule has 0 saturated heterocycles. The molecule has 1 aromatic rings. The van der Waals surface area contributed by atoms with Gasteiger partial charge in [-0.15, -0.1) is 0 Å². The summed E-state index contributed by atoms with van der Waals surface area (Å²) in [5.41, 5.74) is 1.36. The Morgan fingerprint density at radius 3 is 2.38 bits per heavy atom. The third kappa shape index (κ3) is 5.00. The molecule has 0 amide bonds. The molecule has 1 aliphatic carbocycles. The fourth-order valence-electron chi connectivity index (χ4n) is 3.80. The SMILES string of the molecule is CCNC(Cc1cccc(Cl)c1)C1CCC(C(C)C)CC1. The molecule has 1 atom stereocenters. The van der Waals surface area contributed by atoms with Gasteiger partial charge in [0.05, 0.1) is 0 Å². The minimum Gasteiger partial charge on any atom is -0.314 e. The molecular formula is C19H30ClN. The van der Waals surface area contributed by atoms with Gasteiger partial charge in [0, 0.05) is 11.1 Å². The lowest BCUT2D eigenvalue weighted by Crippen LogP contribution is -2.40. The lowest BCUT2D eigenvalue weighted by Gasteiger charge is -2.36. The maximum absolute atomic E-state index is 6.12. The monoisotopic (exact) mass is 307 g/mol. The van der Waals surface area contributed by atoms with Crippen LogP contribution in [0.2, 0.25) is 5.02 Å². The van der Waals surface area contributed by atoms with Crippen molar-refractivity contribution in [2.45, 2.75) is 58.9 Å². The van der Waals surface area contributed by atoms with Crippen LogP contribution in [0.1, 0.15) is 52.0 Å². The van der Waals surface area contributed by atoms with Gasteiger partial charge in [0.25, 0.3) is 0 Å². The number of halogens is 1.